The van der Waals surface area contributed by atoms with E-state index in [-0.39, 0.29) is 24.3 Å². The maximum atomic E-state index is 12.8. The Morgan fingerprint density at radius 1 is 1.27 bits per heavy atom. The quantitative estimate of drug-likeness (QED) is 0.466. The molecule has 1 aromatic heterocycles. The lowest BCUT2D eigenvalue weighted by Crippen LogP contribution is -2.32. The lowest BCUT2D eigenvalue weighted by atomic mass is 10.1. The minimum absolute atomic E-state index is 0.0410. The van der Waals surface area contributed by atoms with Crippen molar-refractivity contribution in [1.82, 2.24) is 9.88 Å². The molecule has 0 unspecified atom stereocenters. The summed E-state index contributed by atoms with van der Waals surface area (Å²) in [7, 11) is 0. The van der Waals surface area contributed by atoms with Crippen molar-refractivity contribution in [1.29, 1.82) is 0 Å². The number of nitro groups is 1. The Morgan fingerprint density at radius 3 is 2.50 bits per heavy atom. The van der Waals surface area contributed by atoms with Crippen LogP contribution in [0.2, 0.25) is 0 Å². The van der Waals surface area contributed by atoms with E-state index in [0.29, 0.717) is 10.9 Å². The minimum Gasteiger partial charge on any atom is -0.331 e. The van der Waals surface area contributed by atoms with Crippen LogP contribution in [0.25, 0.3) is 10.9 Å². The van der Waals surface area contributed by atoms with Crippen LogP contribution in [0, 0.1) is 10.1 Å². The van der Waals surface area contributed by atoms with Crippen molar-refractivity contribution in [3.05, 3.63) is 71.4 Å². The van der Waals surface area contributed by atoms with E-state index in [1.165, 1.54) is 4.90 Å². The second kappa shape index (κ2) is 6.62. The third-order valence-electron chi connectivity index (χ3n) is 3.15. The maximum Gasteiger partial charge on any atom is 0.300 e. The second-order valence-corrected chi connectivity index (χ2v) is 4.58. The first-order valence-corrected chi connectivity index (χ1v) is 6.63. The summed E-state index contributed by atoms with van der Waals surface area (Å²) in [6.45, 7) is 7.76. The number of pyridine rings is 1. The fourth-order valence-electron chi connectivity index (χ4n) is 2.20. The normalized spacial score (nSPS) is 10.2. The molecule has 1 amide bonds. The molecule has 22 heavy (non-hydrogen) atoms. The second-order valence-electron chi connectivity index (χ2n) is 4.58. The number of hydrogen-bond donors (Lipinski definition) is 0. The van der Waals surface area contributed by atoms with E-state index in [4.69, 9.17) is 0 Å². The van der Waals surface area contributed by atoms with Crippen molar-refractivity contribution < 1.29 is 9.72 Å². The predicted octanol–water partition coefficient (Wildman–Crippen LogP) is 2.96. The van der Waals surface area contributed by atoms with Crippen molar-refractivity contribution in [2.75, 3.05) is 13.1 Å². The number of nitrogens with zero attached hydrogens (tertiary/aromatic N) is 3. The van der Waals surface area contributed by atoms with Crippen LogP contribution in [-0.2, 0) is 0 Å². The molecular formula is C16H15N3O3. The fraction of sp³-hybridized carbons (Fsp3) is 0.125. The summed E-state index contributed by atoms with van der Waals surface area (Å²) < 4.78 is 0. The smallest absolute Gasteiger partial charge is 0.300 e. The summed E-state index contributed by atoms with van der Waals surface area (Å²) in [5.74, 6) is -0.440. The number of hydrogen-bond acceptors (Lipinski definition) is 4. The molecule has 0 aliphatic rings. The lowest BCUT2D eigenvalue weighted by Gasteiger charge is -2.20. The number of fused-ring (bicyclic) bond motifs is 1. The van der Waals surface area contributed by atoms with Gasteiger partial charge in [-0.15, -0.1) is 13.2 Å². The van der Waals surface area contributed by atoms with Crippen molar-refractivity contribution in [3.63, 3.8) is 0 Å². The Morgan fingerprint density at radius 2 is 1.91 bits per heavy atom. The van der Waals surface area contributed by atoms with E-state index >= 15 is 0 Å². The van der Waals surface area contributed by atoms with E-state index in [9.17, 15) is 14.9 Å². The van der Waals surface area contributed by atoms with Gasteiger partial charge in [0.25, 0.3) is 5.91 Å². The van der Waals surface area contributed by atoms with Gasteiger partial charge in [0.1, 0.15) is 11.8 Å². The van der Waals surface area contributed by atoms with Crippen LogP contribution >= 0.6 is 0 Å². The van der Waals surface area contributed by atoms with Gasteiger partial charge in [-0.3, -0.25) is 14.9 Å². The molecule has 1 aromatic carbocycles. The van der Waals surface area contributed by atoms with Crippen LogP contribution in [0.3, 0.4) is 0 Å². The molecule has 0 N–H and O–H groups in total. The number of rotatable bonds is 6. The zero-order valence-electron chi connectivity index (χ0n) is 11.9. The van der Waals surface area contributed by atoms with Crippen molar-refractivity contribution in [3.8, 4) is 0 Å². The summed E-state index contributed by atoms with van der Waals surface area (Å²) in [6, 6.07) is 6.85. The molecule has 0 atom stereocenters. The van der Waals surface area contributed by atoms with Crippen molar-refractivity contribution >= 4 is 22.5 Å². The molecular weight excluding hydrogens is 282 g/mol. The summed E-state index contributed by atoms with van der Waals surface area (Å²) >= 11 is 0. The largest absolute Gasteiger partial charge is 0.331 e. The topological polar surface area (TPSA) is 76.3 Å². The minimum atomic E-state index is -0.591. The Labute approximate surface area is 127 Å². The Hall–Kier alpha value is -3.02. The molecule has 0 aliphatic carbocycles. The van der Waals surface area contributed by atoms with Gasteiger partial charge in [-0.25, -0.2) is 4.98 Å². The third kappa shape index (κ3) is 2.85. The molecule has 0 fully saturated rings. The highest BCUT2D eigenvalue weighted by Crippen LogP contribution is 2.27. The molecule has 2 aromatic rings. The van der Waals surface area contributed by atoms with Crippen LogP contribution in [0.4, 0.5) is 5.69 Å². The lowest BCUT2D eigenvalue weighted by molar-refractivity contribution is -0.385. The Bertz CT molecular complexity index is 745. The third-order valence-corrected chi connectivity index (χ3v) is 3.15. The summed E-state index contributed by atoms with van der Waals surface area (Å²) in [5.41, 5.74) is 0.273. The molecule has 6 nitrogen and oxygen atoms in total. The molecule has 0 bridgehead atoms. The van der Waals surface area contributed by atoms with Gasteiger partial charge >= 0.3 is 5.69 Å². The highest BCUT2D eigenvalue weighted by Gasteiger charge is 2.27. The molecule has 112 valence electrons. The van der Waals surface area contributed by atoms with Crippen LogP contribution in [0.5, 0.6) is 0 Å². The molecule has 1 heterocycles. The molecule has 0 saturated carbocycles. The summed E-state index contributed by atoms with van der Waals surface area (Å²) in [4.78, 5) is 28.9. The van der Waals surface area contributed by atoms with Gasteiger partial charge in [0.05, 0.1) is 10.4 Å². The number of carbonyl (C=O) groups is 1. The summed E-state index contributed by atoms with van der Waals surface area (Å²) in [6.07, 6.45) is 4.25. The maximum absolute atomic E-state index is 12.8. The van der Waals surface area contributed by atoms with E-state index in [0.717, 1.165) is 6.20 Å². The van der Waals surface area contributed by atoms with E-state index < -0.39 is 10.8 Å². The van der Waals surface area contributed by atoms with Crippen molar-refractivity contribution in [2.24, 2.45) is 0 Å². The van der Waals surface area contributed by atoms with Crippen LogP contribution in [0.1, 0.15) is 10.4 Å². The standard InChI is InChI=1S/C16H15N3O3/c1-3-9-18(10-4-2)16(20)15-12-7-5-6-8-13(12)17-11-14(15)19(21)22/h3-8,11H,1-2,9-10H2. The molecule has 6 heteroatoms. The van der Waals surface area contributed by atoms with Gasteiger partial charge in [-0.2, -0.15) is 0 Å². The number of benzene rings is 1. The molecule has 0 spiro atoms. The molecule has 0 radical (unpaired) electrons. The highest BCUT2D eigenvalue weighted by atomic mass is 16.6. The van der Waals surface area contributed by atoms with Gasteiger partial charge < -0.3 is 4.90 Å². The van der Waals surface area contributed by atoms with Gasteiger partial charge in [0.2, 0.25) is 0 Å². The summed E-state index contributed by atoms with van der Waals surface area (Å²) in [5, 5.41) is 11.7. The van der Waals surface area contributed by atoms with Crippen LogP contribution in [-0.4, -0.2) is 33.8 Å². The van der Waals surface area contributed by atoms with Gasteiger partial charge in [-0.1, -0.05) is 30.4 Å². The highest BCUT2D eigenvalue weighted by molar-refractivity contribution is 6.09. The number of carbonyl (C=O) groups excluding carboxylic acids is 1. The molecule has 0 saturated heterocycles. The van der Waals surface area contributed by atoms with Gasteiger partial charge in [0, 0.05) is 18.5 Å². The Kier molecular flexibility index (Phi) is 4.63. The number of para-hydroxylation sites is 1. The van der Waals surface area contributed by atoms with Crippen LogP contribution < -0.4 is 0 Å². The van der Waals surface area contributed by atoms with E-state index in [1.54, 1.807) is 36.4 Å². The molecule has 0 aliphatic heterocycles. The average molecular weight is 297 g/mol. The van der Waals surface area contributed by atoms with Gasteiger partial charge in [-0.05, 0) is 6.07 Å². The SMILES string of the molecule is C=CCN(CC=C)C(=O)c1c([N+](=O)[O-])cnc2ccccc12. The number of aromatic nitrogens is 1. The zero-order chi connectivity index (χ0) is 16.1. The van der Waals surface area contributed by atoms with Crippen LogP contribution in [0.15, 0.2) is 55.8 Å². The first-order valence-electron chi connectivity index (χ1n) is 6.63. The predicted molar refractivity (Wildman–Crippen MR) is 84.7 cm³/mol. The van der Waals surface area contributed by atoms with Gasteiger partial charge in [0.15, 0.2) is 0 Å². The average Bonchev–Trinajstić information content (AvgIpc) is 2.52. The first-order chi connectivity index (χ1) is 10.6. The van der Waals surface area contributed by atoms with E-state index in [2.05, 4.69) is 18.1 Å². The molecule has 2 rings (SSSR count). The van der Waals surface area contributed by atoms with Crippen molar-refractivity contribution in [2.45, 2.75) is 0 Å². The van der Waals surface area contributed by atoms with E-state index in [1.807, 2.05) is 0 Å². The Balaban J connectivity index is 2.67. The first kappa shape index (κ1) is 15.4. The fourth-order valence-corrected chi connectivity index (χ4v) is 2.20. The number of amides is 1. The monoisotopic (exact) mass is 297 g/mol. The zero-order valence-corrected chi connectivity index (χ0v) is 11.9.